The lowest BCUT2D eigenvalue weighted by molar-refractivity contribution is 0.165. The molecule has 0 aromatic rings. The van der Waals surface area contributed by atoms with Crippen molar-refractivity contribution in [3.8, 4) is 0 Å². The van der Waals surface area contributed by atoms with Gasteiger partial charge in [0.1, 0.15) is 11.8 Å². The van der Waals surface area contributed by atoms with Gasteiger partial charge in [0.2, 0.25) is 0 Å². The molecule has 3 nitrogen and oxygen atoms in total. The van der Waals surface area contributed by atoms with Crippen LogP contribution in [-0.4, -0.2) is 24.1 Å². The molecule has 1 rings (SSSR count). The summed E-state index contributed by atoms with van der Waals surface area (Å²) in [6, 6.07) is 0. The number of carbonyl (C=O) groups excluding carboxylic acids is 1. The van der Waals surface area contributed by atoms with Crippen molar-refractivity contribution in [1.29, 1.82) is 0 Å². The average Bonchev–Trinajstić information content (AvgIpc) is 2.34. The van der Waals surface area contributed by atoms with E-state index in [0.717, 1.165) is 5.54 Å². The maximum absolute atomic E-state index is 10.7. The number of hydrogen-bond donors (Lipinski definition) is 0. The normalized spacial score (nSPS) is 19.6. The van der Waals surface area contributed by atoms with E-state index < -0.39 is 6.09 Å². The number of amides is 1. The van der Waals surface area contributed by atoms with E-state index in [4.69, 9.17) is 23.2 Å². The third-order valence-electron chi connectivity index (χ3n) is 1.11. The van der Waals surface area contributed by atoms with Crippen molar-refractivity contribution < 1.29 is 9.53 Å². The van der Waals surface area contributed by atoms with Crippen LogP contribution in [-0.2, 0) is 4.74 Å². The predicted octanol–water partition coefficient (Wildman–Crippen LogP) is 1.72. The fourth-order valence-electron chi connectivity index (χ4n) is 0.646. The first-order chi connectivity index (χ1) is 4.75. The lowest BCUT2D eigenvalue weighted by Crippen LogP contribution is -2.20. The summed E-state index contributed by atoms with van der Waals surface area (Å²) in [5, 5.41) is 0.198. The topological polar surface area (TPSA) is 29.5 Å². The molecule has 1 aliphatic heterocycles. The van der Waals surface area contributed by atoms with E-state index in [1.807, 2.05) is 0 Å². The number of rotatable bonds is 1. The fourth-order valence-corrected chi connectivity index (χ4v) is 0.918. The van der Waals surface area contributed by atoms with Crippen molar-refractivity contribution in [2.75, 3.05) is 13.2 Å². The Hall–Kier alpha value is -0.410. The maximum Gasteiger partial charge on any atom is 0.415 e. The predicted molar refractivity (Wildman–Crippen MR) is 37.8 cm³/mol. The third kappa shape index (κ3) is 1.36. The highest BCUT2D eigenvalue weighted by Gasteiger charge is 2.23. The van der Waals surface area contributed by atoms with Crippen molar-refractivity contribution >= 4 is 29.3 Å². The Balaban J connectivity index is 2.64. The summed E-state index contributed by atoms with van der Waals surface area (Å²) in [7, 11) is 0. The first-order valence-corrected chi connectivity index (χ1v) is 3.47. The lowest BCUT2D eigenvalue weighted by atomic mass is 10.6. The summed E-state index contributed by atoms with van der Waals surface area (Å²) in [5.74, 6) is 0. The summed E-state index contributed by atoms with van der Waals surface area (Å²) >= 11 is 10.8. The molecule has 0 aromatic heterocycles. The van der Waals surface area contributed by atoms with Gasteiger partial charge in [0.05, 0.1) is 6.54 Å². The van der Waals surface area contributed by atoms with Gasteiger partial charge >= 0.3 is 6.09 Å². The highest BCUT2D eigenvalue weighted by atomic mass is 35.5. The number of ether oxygens (including phenoxy) is 1. The largest absolute Gasteiger partial charge is 0.447 e. The fraction of sp³-hybridized carbons (Fsp3) is 0.400. The summed E-state index contributed by atoms with van der Waals surface area (Å²) in [5.41, 5.74) is 1.13. The first kappa shape index (κ1) is 7.69. The second kappa shape index (κ2) is 3.12. The van der Waals surface area contributed by atoms with Crippen molar-refractivity contribution in [2.45, 2.75) is 0 Å². The van der Waals surface area contributed by atoms with Gasteiger partial charge in [0, 0.05) is 5.54 Å². The van der Waals surface area contributed by atoms with Gasteiger partial charge in [0.15, 0.2) is 0 Å². The van der Waals surface area contributed by atoms with Gasteiger partial charge in [-0.3, -0.25) is 4.90 Å². The monoisotopic (exact) mass is 181 g/mol. The first-order valence-electron chi connectivity index (χ1n) is 2.66. The van der Waals surface area contributed by atoms with E-state index in [2.05, 4.69) is 4.74 Å². The highest BCUT2D eigenvalue weighted by Crippen LogP contribution is 2.15. The van der Waals surface area contributed by atoms with E-state index in [1.54, 1.807) is 0 Å². The average molecular weight is 182 g/mol. The molecule has 1 amide bonds. The van der Waals surface area contributed by atoms with Crippen molar-refractivity contribution in [2.24, 2.45) is 0 Å². The quantitative estimate of drug-likeness (QED) is 0.577. The van der Waals surface area contributed by atoms with Crippen LogP contribution in [0, 0.1) is 0 Å². The number of halogens is 2. The Morgan fingerprint density at radius 2 is 2.50 bits per heavy atom. The zero-order valence-corrected chi connectivity index (χ0v) is 6.52. The Morgan fingerprint density at radius 3 is 2.90 bits per heavy atom. The zero-order chi connectivity index (χ0) is 7.56. The van der Waals surface area contributed by atoms with E-state index in [-0.39, 0.29) is 5.16 Å². The molecule has 1 heterocycles. The van der Waals surface area contributed by atoms with Crippen LogP contribution >= 0.6 is 23.2 Å². The molecule has 0 spiro atoms. The second-order valence-electron chi connectivity index (χ2n) is 1.70. The summed E-state index contributed by atoms with van der Waals surface area (Å²) in [6.45, 7) is 0.848. The number of carbonyl (C=O) groups is 1. The molecule has 5 heteroatoms. The molecule has 1 saturated heterocycles. The SMILES string of the molecule is O=C1OCCN1/C(Cl)=C/Cl. The van der Waals surface area contributed by atoms with E-state index in [1.165, 1.54) is 4.90 Å². The second-order valence-corrected chi connectivity index (χ2v) is 2.30. The van der Waals surface area contributed by atoms with Gasteiger partial charge in [-0.1, -0.05) is 23.2 Å². The highest BCUT2D eigenvalue weighted by molar-refractivity contribution is 6.36. The van der Waals surface area contributed by atoms with Crippen LogP contribution < -0.4 is 0 Å². The number of hydrogen-bond acceptors (Lipinski definition) is 2. The standard InChI is InChI=1S/C5H5Cl2NO2/c6-3-4(7)8-1-2-10-5(8)9/h3H,1-2H2/b4-3+. The maximum atomic E-state index is 10.7. The van der Waals surface area contributed by atoms with Crippen molar-refractivity contribution in [3.63, 3.8) is 0 Å². The van der Waals surface area contributed by atoms with Crippen LogP contribution in [0.5, 0.6) is 0 Å². The number of nitrogens with zero attached hydrogens (tertiary/aromatic N) is 1. The van der Waals surface area contributed by atoms with Crippen molar-refractivity contribution in [1.82, 2.24) is 4.90 Å². The lowest BCUT2D eigenvalue weighted by Gasteiger charge is -2.08. The van der Waals surface area contributed by atoms with Crippen molar-refractivity contribution in [3.05, 3.63) is 10.7 Å². The zero-order valence-electron chi connectivity index (χ0n) is 5.01. The van der Waals surface area contributed by atoms with Crippen LogP contribution in [0.25, 0.3) is 0 Å². The van der Waals surface area contributed by atoms with Crippen LogP contribution in [0.3, 0.4) is 0 Å². The van der Waals surface area contributed by atoms with E-state index in [0.29, 0.717) is 13.2 Å². The smallest absolute Gasteiger partial charge is 0.415 e. The molecule has 1 aliphatic rings. The molecule has 0 saturated carbocycles. The minimum absolute atomic E-state index is 0.198. The molecular weight excluding hydrogens is 177 g/mol. The molecule has 0 unspecified atom stereocenters. The van der Waals surface area contributed by atoms with Gasteiger partial charge in [-0.05, 0) is 0 Å². The molecule has 56 valence electrons. The van der Waals surface area contributed by atoms with Crippen LogP contribution in [0.4, 0.5) is 4.79 Å². The Kier molecular flexibility index (Phi) is 2.40. The Bertz CT molecular complexity index is 180. The summed E-state index contributed by atoms with van der Waals surface area (Å²) in [6.07, 6.45) is -0.443. The minimum atomic E-state index is -0.443. The Morgan fingerprint density at radius 1 is 1.80 bits per heavy atom. The molecule has 0 N–H and O–H groups in total. The Labute approximate surface area is 68.1 Å². The van der Waals surface area contributed by atoms with Gasteiger partial charge in [-0.2, -0.15) is 0 Å². The molecule has 0 bridgehead atoms. The van der Waals surface area contributed by atoms with Gasteiger partial charge in [-0.15, -0.1) is 0 Å². The van der Waals surface area contributed by atoms with Gasteiger partial charge in [-0.25, -0.2) is 4.79 Å². The van der Waals surface area contributed by atoms with Gasteiger partial charge < -0.3 is 4.74 Å². The molecular formula is C5H5Cl2NO2. The van der Waals surface area contributed by atoms with Crippen LogP contribution in [0.2, 0.25) is 0 Å². The van der Waals surface area contributed by atoms with Gasteiger partial charge in [0.25, 0.3) is 0 Å². The molecule has 10 heavy (non-hydrogen) atoms. The minimum Gasteiger partial charge on any atom is -0.447 e. The van der Waals surface area contributed by atoms with Crippen LogP contribution in [0.1, 0.15) is 0 Å². The number of cyclic esters (lactones) is 1. The summed E-state index contributed by atoms with van der Waals surface area (Å²) < 4.78 is 4.59. The van der Waals surface area contributed by atoms with Crippen LogP contribution in [0.15, 0.2) is 10.7 Å². The molecule has 0 aromatic carbocycles. The molecule has 0 aliphatic carbocycles. The molecule has 0 atom stereocenters. The molecule has 0 radical (unpaired) electrons. The third-order valence-corrected chi connectivity index (χ3v) is 1.74. The molecule has 1 fully saturated rings. The summed E-state index contributed by atoms with van der Waals surface area (Å²) in [4.78, 5) is 12.0. The van der Waals surface area contributed by atoms with E-state index >= 15 is 0 Å². The van der Waals surface area contributed by atoms with E-state index in [9.17, 15) is 4.79 Å².